The van der Waals surface area contributed by atoms with E-state index in [4.69, 9.17) is 0 Å². The van der Waals surface area contributed by atoms with E-state index in [1.165, 1.54) is 24.3 Å². The van der Waals surface area contributed by atoms with Gasteiger partial charge in [0.25, 0.3) is 0 Å². The normalized spacial score (nSPS) is 30.8. The first-order chi connectivity index (χ1) is 7.99. The summed E-state index contributed by atoms with van der Waals surface area (Å²) < 4.78 is 0.539. The fraction of sp³-hybridized carbons (Fsp3) is 1.00. The summed E-state index contributed by atoms with van der Waals surface area (Å²) in [7, 11) is 0.0319. The van der Waals surface area contributed by atoms with E-state index in [0.29, 0.717) is 19.5 Å². The third-order valence-electron chi connectivity index (χ3n) is 4.10. The summed E-state index contributed by atoms with van der Waals surface area (Å²) in [5.41, 5.74) is 0. The standard InChI is InChI=1S/C15H29PS2/c1-12(2,3)16-13(4,5)10-15(11-14(16,6)7)17-8-9-18-15/h8-11H2,1-7H3. The van der Waals surface area contributed by atoms with E-state index < -0.39 is 0 Å². The lowest BCUT2D eigenvalue weighted by molar-refractivity contribution is 0.442. The molecule has 18 heavy (non-hydrogen) atoms. The van der Waals surface area contributed by atoms with Crippen LogP contribution in [0.25, 0.3) is 0 Å². The molecule has 0 amide bonds. The third-order valence-corrected chi connectivity index (χ3v) is 11.6. The molecule has 2 aliphatic rings. The number of hydrogen-bond donors (Lipinski definition) is 0. The Morgan fingerprint density at radius 2 is 1.22 bits per heavy atom. The van der Waals surface area contributed by atoms with Crippen molar-refractivity contribution in [1.82, 2.24) is 0 Å². The zero-order valence-electron chi connectivity index (χ0n) is 13.1. The van der Waals surface area contributed by atoms with Crippen molar-refractivity contribution in [2.75, 3.05) is 11.5 Å². The maximum atomic E-state index is 2.55. The van der Waals surface area contributed by atoms with Crippen LogP contribution in [0.2, 0.25) is 0 Å². The first-order valence-electron chi connectivity index (χ1n) is 7.07. The zero-order valence-corrected chi connectivity index (χ0v) is 15.6. The molecular weight excluding hydrogens is 275 g/mol. The molecule has 0 aromatic heterocycles. The SMILES string of the molecule is CC(C)(C)P1C(C)(C)CC2(CC1(C)C)SCCS2. The lowest BCUT2D eigenvalue weighted by atomic mass is 9.96. The average molecular weight is 305 g/mol. The van der Waals surface area contributed by atoms with Crippen LogP contribution in [-0.4, -0.2) is 31.1 Å². The van der Waals surface area contributed by atoms with Crippen molar-refractivity contribution in [3.8, 4) is 0 Å². The van der Waals surface area contributed by atoms with Crippen molar-refractivity contribution in [2.24, 2.45) is 0 Å². The second kappa shape index (κ2) is 4.57. The van der Waals surface area contributed by atoms with Gasteiger partial charge in [0.2, 0.25) is 0 Å². The van der Waals surface area contributed by atoms with Gasteiger partial charge in [0, 0.05) is 11.5 Å². The predicted octanol–water partition coefficient (Wildman–Crippen LogP) is 5.79. The van der Waals surface area contributed by atoms with Gasteiger partial charge in [-0.15, -0.1) is 23.5 Å². The van der Waals surface area contributed by atoms with Crippen molar-refractivity contribution in [3.05, 3.63) is 0 Å². The van der Waals surface area contributed by atoms with Crippen LogP contribution < -0.4 is 0 Å². The fourth-order valence-electron chi connectivity index (χ4n) is 4.88. The highest BCUT2D eigenvalue weighted by Gasteiger charge is 2.57. The highest BCUT2D eigenvalue weighted by atomic mass is 32.2. The smallest absolute Gasteiger partial charge is 0.0628 e. The lowest BCUT2D eigenvalue weighted by Crippen LogP contribution is -2.49. The van der Waals surface area contributed by atoms with Gasteiger partial charge in [-0.1, -0.05) is 56.4 Å². The largest absolute Gasteiger partial charge is 0.143 e. The summed E-state index contributed by atoms with van der Waals surface area (Å²) in [4.78, 5) is 0. The Morgan fingerprint density at radius 1 is 0.833 bits per heavy atom. The molecule has 3 heteroatoms. The molecule has 2 heterocycles. The van der Waals surface area contributed by atoms with Gasteiger partial charge in [0.1, 0.15) is 0 Å². The highest BCUT2D eigenvalue weighted by Crippen LogP contribution is 2.76. The molecule has 106 valence electrons. The molecule has 2 fully saturated rings. The van der Waals surface area contributed by atoms with Crippen LogP contribution in [0.3, 0.4) is 0 Å². The van der Waals surface area contributed by atoms with Crippen molar-refractivity contribution >= 4 is 31.4 Å². The number of thioether (sulfide) groups is 2. The second-order valence-electron chi connectivity index (χ2n) is 8.09. The van der Waals surface area contributed by atoms with Crippen molar-refractivity contribution < 1.29 is 0 Å². The maximum absolute atomic E-state index is 2.55. The van der Waals surface area contributed by atoms with Gasteiger partial charge >= 0.3 is 0 Å². The summed E-state index contributed by atoms with van der Waals surface area (Å²) in [6.45, 7) is 17.6. The summed E-state index contributed by atoms with van der Waals surface area (Å²) in [5, 5.41) is 1.50. The molecule has 1 spiro atoms. The highest BCUT2D eigenvalue weighted by molar-refractivity contribution is 8.21. The Balaban J connectivity index is 2.36. The van der Waals surface area contributed by atoms with E-state index in [2.05, 4.69) is 72.0 Å². The molecule has 2 saturated heterocycles. The molecule has 0 aliphatic carbocycles. The van der Waals surface area contributed by atoms with Gasteiger partial charge in [0.15, 0.2) is 0 Å². The van der Waals surface area contributed by atoms with Crippen LogP contribution in [0.1, 0.15) is 61.3 Å². The van der Waals surface area contributed by atoms with E-state index >= 15 is 0 Å². The summed E-state index contributed by atoms with van der Waals surface area (Å²) in [5.74, 6) is 2.73. The summed E-state index contributed by atoms with van der Waals surface area (Å²) >= 11 is 4.51. The van der Waals surface area contributed by atoms with Gasteiger partial charge in [-0.2, -0.15) is 0 Å². The molecule has 0 atom stereocenters. The Bertz CT molecular complexity index is 302. The van der Waals surface area contributed by atoms with Gasteiger partial charge in [0.05, 0.1) is 4.08 Å². The molecule has 2 aliphatic heterocycles. The molecule has 0 N–H and O–H groups in total. The molecule has 0 unspecified atom stereocenters. The lowest BCUT2D eigenvalue weighted by Gasteiger charge is -2.60. The molecular formula is C15H29PS2. The van der Waals surface area contributed by atoms with E-state index in [9.17, 15) is 0 Å². The minimum absolute atomic E-state index is 0.0319. The number of rotatable bonds is 0. The maximum Gasteiger partial charge on any atom is 0.0628 e. The van der Waals surface area contributed by atoms with Crippen LogP contribution in [0.15, 0.2) is 0 Å². The van der Waals surface area contributed by atoms with E-state index in [-0.39, 0.29) is 7.92 Å². The third kappa shape index (κ3) is 2.77. The first-order valence-corrected chi connectivity index (χ1v) is 10.4. The topological polar surface area (TPSA) is 0 Å². The molecule has 0 radical (unpaired) electrons. The van der Waals surface area contributed by atoms with Crippen molar-refractivity contribution in [2.45, 2.75) is 80.9 Å². The van der Waals surface area contributed by atoms with E-state index in [1.54, 1.807) is 0 Å². The quantitative estimate of drug-likeness (QED) is 0.519. The Kier molecular flexibility index (Phi) is 3.94. The van der Waals surface area contributed by atoms with Crippen molar-refractivity contribution in [1.29, 1.82) is 0 Å². The van der Waals surface area contributed by atoms with Gasteiger partial charge in [-0.3, -0.25) is 0 Å². The van der Waals surface area contributed by atoms with Gasteiger partial charge in [-0.05, 0) is 28.3 Å². The van der Waals surface area contributed by atoms with Gasteiger partial charge in [-0.25, -0.2) is 0 Å². The Morgan fingerprint density at radius 3 is 1.56 bits per heavy atom. The van der Waals surface area contributed by atoms with Crippen molar-refractivity contribution in [3.63, 3.8) is 0 Å². The van der Waals surface area contributed by atoms with Crippen LogP contribution in [-0.2, 0) is 0 Å². The second-order valence-corrected chi connectivity index (χ2v) is 15.7. The van der Waals surface area contributed by atoms with E-state index in [1.807, 2.05) is 0 Å². The molecule has 0 saturated carbocycles. The number of hydrogen-bond acceptors (Lipinski definition) is 2. The molecule has 0 bridgehead atoms. The summed E-state index contributed by atoms with van der Waals surface area (Å²) in [6.07, 6.45) is 2.84. The average Bonchev–Trinajstić information content (AvgIpc) is 2.42. The zero-order chi connectivity index (χ0) is 13.8. The van der Waals surface area contributed by atoms with Crippen LogP contribution in [0, 0.1) is 0 Å². The molecule has 0 aromatic rings. The molecule has 0 aromatic carbocycles. The molecule has 2 rings (SSSR count). The predicted molar refractivity (Wildman–Crippen MR) is 91.7 cm³/mol. The minimum atomic E-state index is 0.0319. The monoisotopic (exact) mass is 304 g/mol. The Hall–Kier alpha value is 1.13. The van der Waals surface area contributed by atoms with Gasteiger partial charge < -0.3 is 0 Å². The summed E-state index contributed by atoms with van der Waals surface area (Å²) in [6, 6.07) is 0. The van der Waals surface area contributed by atoms with Crippen LogP contribution >= 0.6 is 31.4 Å². The Labute approximate surface area is 124 Å². The van der Waals surface area contributed by atoms with Crippen LogP contribution in [0.5, 0.6) is 0 Å². The van der Waals surface area contributed by atoms with Crippen LogP contribution in [0.4, 0.5) is 0 Å². The van der Waals surface area contributed by atoms with E-state index in [0.717, 1.165) is 0 Å². The molecule has 0 nitrogen and oxygen atoms in total. The minimum Gasteiger partial charge on any atom is -0.143 e. The first kappa shape index (κ1) is 15.5. The fourth-order valence-corrected chi connectivity index (χ4v) is 15.5.